The van der Waals surface area contributed by atoms with Crippen LogP contribution in [0.2, 0.25) is 0 Å². The summed E-state index contributed by atoms with van der Waals surface area (Å²) in [5.74, 6) is 0.479. The first-order valence-electron chi connectivity index (χ1n) is 5.56. The van der Waals surface area contributed by atoms with Gasteiger partial charge in [-0.15, -0.1) is 0 Å². The van der Waals surface area contributed by atoms with Crippen molar-refractivity contribution in [1.29, 1.82) is 0 Å². The van der Waals surface area contributed by atoms with Gasteiger partial charge in [0.25, 0.3) is 0 Å². The van der Waals surface area contributed by atoms with Crippen LogP contribution in [0.25, 0.3) is 6.08 Å². The molecule has 1 unspecified atom stereocenters. The molecular weight excluding hydrogens is 220 g/mol. The van der Waals surface area contributed by atoms with E-state index in [4.69, 9.17) is 9.52 Å². The Balaban J connectivity index is 2.09. The zero-order valence-electron chi connectivity index (χ0n) is 9.85. The Labute approximate surface area is 101 Å². The van der Waals surface area contributed by atoms with Crippen LogP contribution in [0.5, 0.6) is 0 Å². The summed E-state index contributed by atoms with van der Waals surface area (Å²) in [7, 11) is 0. The first-order chi connectivity index (χ1) is 8.18. The van der Waals surface area contributed by atoms with Crippen molar-refractivity contribution in [1.82, 2.24) is 10.6 Å². The molecule has 1 atom stereocenters. The topological polar surface area (TPSA) is 74.5 Å². The van der Waals surface area contributed by atoms with Crippen molar-refractivity contribution in [2.24, 2.45) is 0 Å². The lowest BCUT2D eigenvalue weighted by Crippen LogP contribution is -2.33. The maximum absolute atomic E-state index is 11.3. The zero-order valence-corrected chi connectivity index (χ0v) is 9.85. The molecule has 0 fully saturated rings. The van der Waals surface area contributed by atoms with E-state index in [1.807, 2.05) is 0 Å². The number of nitrogens with one attached hydrogen (secondary N) is 2. The highest BCUT2D eigenvalue weighted by atomic mass is 16.3. The van der Waals surface area contributed by atoms with E-state index >= 15 is 0 Å². The summed E-state index contributed by atoms with van der Waals surface area (Å²) in [6.45, 7) is 3.38. The van der Waals surface area contributed by atoms with Gasteiger partial charge in [0.2, 0.25) is 5.91 Å². The lowest BCUT2D eigenvalue weighted by Gasteiger charge is -2.06. The van der Waals surface area contributed by atoms with E-state index in [0.29, 0.717) is 25.4 Å². The van der Waals surface area contributed by atoms with Crippen molar-refractivity contribution in [2.75, 3.05) is 19.6 Å². The quantitative estimate of drug-likeness (QED) is 0.474. The van der Waals surface area contributed by atoms with E-state index in [0.717, 1.165) is 0 Å². The zero-order chi connectivity index (χ0) is 12.5. The lowest BCUT2D eigenvalue weighted by atomic mass is 10.4. The molecule has 94 valence electrons. The Kier molecular flexibility index (Phi) is 6.06. The maximum Gasteiger partial charge on any atom is 0.244 e. The van der Waals surface area contributed by atoms with Gasteiger partial charge >= 0.3 is 0 Å². The van der Waals surface area contributed by atoms with Crippen LogP contribution < -0.4 is 10.6 Å². The van der Waals surface area contributed by atoms with Gasteiger partial charge in [0.05, 0.1) is 12.4 Å². The van der Waals surface area contributed by atoms with Gasteiger partial charge in [-0.05, 0) is 25.1 Å². The Morgan fingerprint density at radius 3 is 3.06 bits per heavy atom. The van der Waals surface area contributed by atoms with Crippen LogP contribution in [-0.2, 0) is 4.79 Å². The number of aliphatic hydroxyl groups excluding tert-OH is 1. The van der Waals surface area contributed by atoms with Crippen molar-refractivity contribution in [3.8, 4) is 0 Å². The molecule has 1 amide bonds. The van der Waals surface area contributed by atoms with Crippen LogP contribution in [0, 0.1) is 0 Å². The van der Waals surface area contributed by atoms with Crippen molar-refractivity contribution in [2.45, 2.75) is 13.0 Å². The van der Waals surface area contributed by atoms with Gasteiger partial charge in [-0.2, -0.15) is 0 Å². The second kappa shape index (κ2) is 7.65. The monoisotopic (exact) mass is 238 g/mol. The molecule has 0 aliphatic rings. The third-order valence-corrected chi connectivity index (χ3v) is 1.98. The fourth-order valence-electron chi connectivity index (χ4n) is 1.19. The minimum Gasteiger partial charge on any atom is -0.465 e. The van der Waals surface area contributed by atoms with E-state index in [1.54, 1.807) is 31.4 Å². The van der Waals surface area contributed by atoms with Gasteiger partial charge in [0, 0.05) is 25.7 Å². The molecule has 17 heavy (non-hydrogen) atoms. The van der Waals surface area contributed by atoms with Gasteiger partial charge in [0.15, 0.2) is 0 Å². The fourth-order valence-corrected chi connectivity index (χ4v) is 1.19. The number of aliphatic hydroxyl groups is 1. The summed E-state index contributed by atoms with van der Waals surface area (Å²) in [4.78, 5) is 11.3. The second-order valence-corrected chi connectivity index (χ2v) is 3.69. The molecule has 0 saturated carbocycles. The van der Waals surface area contributed by atoms with E-state index < -0.39 is 0 Å². The molecule has 1 aromatic rings. The third-order valence-electron chi connectivity index (χ3n) is 1.98. The summed E-state index contributed by atoms with van der Waals surface area (Å²) in [6, 6.07) is 3.53. The Morgan fingerprint density at radius 2 is 2.41 bits per heavy atom. The Hall–Kier alpha value is -1.59. The standard InChI is InChI=1S/C12H18N2O3/c1-10(15)9-13-6-7-14-12(16)5-4-11-3-2-8-17-11/h2-5,8,10,13,15H,6-7,9H2,1H3,(H,14,16)/b5-4+. The van der Waals surface area contributed by atoms with E-state index in [9.17, 15) is 4.79 Å². The average molecular weight is 238 g/mol. The van der Waals surface area contributed by atoms with Crippen molar-refractivity contribution >= 4 is 12.0 Å². The number of furan rings is 1. The van der Waals surface area contributed by atoms with Gasteiger partial charge in [-0.1, -0.05) is 0 Å². The molecule has 0 aliphatic heterocycles. The average Bonchev–Trinajstić information content (AvgIpc) is 2.78. The first kappa shape index (κ1) is 13.5. The molecule has 5 heteroatoms. The molecule has 1 heterocycles. The highest BCUT2D eigenvalue weighted by Gasteiger charge is 1.96. The number of carbonyl (C=O) groups excluding carboxylic acids is 1. The number of carbonyl (C=O) groups is 1. The largest absolute Gasteiger partial charge is 0.465 e. The molecule has 0 spiro atoms. The van der Waals surface area contributed by atoms with Crippen LogP contribution in [-0.4, -0.2) is 36.8 Å². The van der Waals surface area contributed by atoms with Crippen LogP contribution in [0.1, 0.15) is 12.7 Å². The molecule has 0 bridgehead atoms. The summed E-state index contributed by atoms with van der Waals surface area (Å²) >= 11 is 0. The summed E-state index contributed by atoms with van der Waals surface area (Å²) in [5.41, 5.74) is 0. The maximum atomic E-state index is 11.3. The number of rotatable bonds is 7. The molecule has 0 aromatic carbocycles. The highest BCUT2D eigenvalue weighted by molar-refractivity contribution is 5.91. The third kappa shape index (κ3) is 6.55. The SMILES string of the molecule is CC(O)CNCCNC(=O)/C=C/c1ccco1. The predicted molar refractivity (Wildman–Crippen MR) is 65.3 cm³/mol. The Bertz CT molecular complexity index is 345. The minimum atomic E-state index is -0.371. The molecule has 1 rings (SSSR count). The van der Waals surface area contributed by atoms with Gasteiger partial charge in [-0.25, -0.2) is 0 Å². The molecule has 3 N–H and O–H groups in total. The van der Waals surface area contributed by atoms with Crippen LogP contribution in [0.15, 0.2) is 28.9 Å². The van der Waals surface area contributed by atoms with E-state index in [2.05, 4.69) is 10.6 Å². The molecule has 0 saturated heterocycles. The summed E-state index contributed by atoms with van der Waals surface area (Å²) < 4.78 is 5.05. The van der Waals surface area contributed by atoms with Crippen molar-refractivity contribution in [3.05, 3.63) is 30.2 Å². The van der Waals surface area contributed by atoms with Gasteiger partial charge in [-0.3, -0.25) is 4.79 Å². The highest BCUT2D eigenvalue weighted by Crippen LogP contribution is 2.01. The summed E-state index contributed by atoms with van der Waals surface area (Å²) in [5, 5.41) is 14.7. The molecular formula is C12H18N2O3. The van der Waals surface area contributed by atoms with Crippen LogP contribution in [0.3, 0.4) is 0 Å². The van der Waals surface area contributed by atoms with Crippen LogP contribution >= 0.6 is 0 Å². The summed E-state index contributed by atoms with van der Waals surface area (Å²) in [6.07, 6.45) is 4.22. The lowest BCUT2D eigenvalue weighted by molar-refractivity contribution is -0.116. The van der Waals surface area contributed by atoms with E-state index in [1.165, 1.54) is 6.08 Å². The Morgan fingerprint density at radius 1 is 1.59 bits per heavy atom. The first-order valence-corrected chi connectivity index (χ1v) is 5.56. The predicted octanol–water partition coefficient (Wildman–Crippen LogP) is 0.379. The molecule has 5 nitrogen and oxygen atoms in total. The number of hydrogen-bond donors (Lipinski definition) is 3. The molecule has 1 aromatic heterocycles. The van der Waals surface area contributed by atoms with E-state index in [-0.39, 0.29) is 12.0 Å². The van der Waals surface area contributed by atoms with Crippen molar-refractivity contribution < 1.29 is 14.3 Å². The van der Waals surface area contributed by atoms with Crippen molar-refractivity contribution in [3.63, 3.8) is 0 Å². The van der Waals surface area contributed by atoms with Gasteiger partial charge < -0.3 is 20.2 Å². The number of hydrogen-bond acceptors (Lipinski definition) is 4. The second-order valence-electron chi connectivity index (χ2n) is 3.69. The minimum absolute atomic E-state index is 0.166. The fraction of sp³-hybridized carbons (Fsp3) is 0.417. The normalized spacial score (nSPS) is 12.8. The van der Waals surface area contributed by atoms with Gasteiger partial charge in [0.1, 0.15) is 5.76 Å². The number of amides is 1. The molecule has 0 radical (unpaired) electrons. The molecule has 0 aliphatic carbocycles. The van der Waals surface area contributed by atoms with Crippen LogP contribution in [0.4, 0.5) is 0 Å². The smallest absolute Gasteiger partial charge is 0.244 e.